The lowest BCUT2D eigenvalue weighted by atomic mass is 9.78. The zero-order valence-electron chi connectivity index (χ0n) is 14.6. The van der Waals surface area contributed by atoms with Crippen LogP contribution in [0, 0.1) is 10.1 Å². The highest BCUT2D eigenvalue weighted by Crippen LogP contribution is 2.28. The molecule has 0 aliphatic carbocycles. The topological polar surface area (TPSA) is 110 Å². The molecule has 8 heteroatoms. The van der Waals surface area contributed by atoms with Gasteiger partial charge in [-0.25, -0.2) is 0 Å². The van der Waals surface area contributed by atoms with Crippen molar-refractivity contribution in [2.24, 2.45) is 0 Å². The smallest absolute Gasteiger partial charge is 0.315 e. The summed E-state index contributed by atoms with van der Waals surface area (Å²) in [6, 6.07) is 12.6. The third-order valence-corrected chi connectivity index (χ3v) is 4.88. The number of halogens is 1. The number of hydrogen-bond donors (Lipinski definition) is 2. The molecule has 2 aromatic rings. The number of carboxylic acid groups (broad SMARTS) is 1. The van der Waals surface area contributed by atoms with Crippen LogP contribution in [0.1, 0.15) is 24.5 Å². The van der Waals surface area contributed by atoms with Crippen LogP contribution in [0.4, 0.5) is 5.69 Å². The number of carbonyl (C=O) groups is 2. The van der Waals surface area contributed by atoms with Crippen LogP contribution in [0.15, 0.2) is 48.5 Å². The van der Waals surface area contributed by atoms with Crippen molar-refractivity contribution in [2.75, 3.05) is 6.54 Å². The molecule has 0 spiro atoms. The van der Waals surface area contributed by atoms with Gasteiger partial charge in [0.2, 0.25) is 5.91 Å². The Balaban J connectivity index is 2.13. The molecule has 2 N–H and O–H groups in total. The Labute approximate surface area is 161 Å². The van der Waals surface area contributed by atoms with E-state index in [9.17, 15) is 24.8 Å². The fourth-order valence-electron chi connectivity index (χ4n) is 2.82. The van der Waals surface area contributed by atoms with Crippen LogP contribution >= 0.6 is 11.6 Å². The molecular formula is C19H19ClN2O5. The maximum absolute atomic E-state index is 12.3. The zero-order valence-corrected chi connectivity index (χ0v) is 15.4. The van der Waals surface area contributed by atoms with Gasteiger partial charge in [-0.3, -0.25) is 19.7 Å². The van der Waals surface area contributed by atoms with Crippen LogP contribution < -0.4 is 5.32 Å². The molecule has 2 rings (SSSR count). The second-order valence-corrected chi connectivity index (χ2v) is 6.50. The van der Waals surface area contributed by atoms with Crippen molar-refractivity contribution in [1.82, 2.24) is 5.32 Å². The summed E-state index contributed by atoms with van der Waals surface area (Å²) in [7, 11) is 0. The fourth-order valence-corrected chi connectivity index (χ4v) is 3.06. The Morgan fingerprint density at radius 1 is 1.22 bits per heavy atom. The van der Waals surface area contributed by atoms with Crippen molar-refractivity contribution in [3.8, 4) is 0 Å². The molecule has 2 aromatic carbocycles. The van der Waals surface area contributed by atoms with Crippen LogP contribution in [0.25, 0.3) is 0 Å². The maximum atomic E-state index is 12.3. The molecule has 0 heterocycles. The van der Waals surface area contributed by atoms with E-state index in [4.69, 9.17) is 11.6 Å². The van der Waals surface area contributed by atoms with Gasteiger partial charge in [0.05, 0.1) is 16.4 Å². The molecule has 0 saturated heterocycles. The number of nitrogens with one attached hydrogen (secondary N) is 1. The summed E-state index contributed by atoms with van der Waals surface area (Å²) in [5.41, 5.74) is -0.370. The number of nitro groups is 1. The molecule has 0 fully saturated rings. The van der Waals surface area contributed by atoms with E-state index < -0.39 is 22.2 Å². The lowest BCUT2D eigenvalue weighted by Gasteiger charge is -2.29. The predicted octanol–water partition coefficient (Wildman–Crippen LogP) is 3.34. The Hall–Kier alpha value is -2.93. The Morgan fingerprint density at radius 3 is 2.41 bits per heavy atom. The minimum atomic E-state index is -1.24. The second kappa shape index (κ2) is 8.64. The SMILES string of the molecule is CCC(CNC(=O)Cc1ccc([N+](=O)[O-])cc1Cl)(C(=O)O)c1ccccc1. The zero-order chi connectivity index (χ0) is 20.0. The molecule has 0 radical (unpaired) electrons. The highest BCUT2D eigenvalue weighted by Gasteiger charge is 2.38. The highest BCUT2D eigenvalue weighted by molar-refractivity contribution is 6.31. The number of nitrogens with zero attached hydrogens (tertiary/aromatic N) is 1. The quantitative estimate of drug-likeness (QED) is 0.530. The van der Waals surface area contributed by atoms with E-state index in [-0.39, 0.29) is 23.7 Å². The molecular weight excluding hydrogens is 372 g/mol. The van der Waals surface area contributed by atoms with Gasteiger partial charge in [-0.2, -0.15) is 0 Å². The Kier molecular flexibility index (Phi) is 6.52. The standard InChI is InChI=1S/C19H19ClN2O5/c1-2-19(18(24)25,14-6-4-3-5-7-14)12-21-17(23)10-13-8-9-15(22(26)27)11-16(13)20/h3-9,11H,2,10,12H2,1H3,(H,21,23)(H,24,25). The molecule has 0 saturated carbocycles. The third kappa shape index (κ3) is 4.62. The molecule has 7 nitrogen and oxygen atoms in total. The summed E-state index contributed by atoms with van der Waals surface area (Å²) in [4.78, 5) is 34.4. The van der Waals surface area contributed by atoms with Gasteiger partial charge in [-0.05, 0) is 17.5 Å². The molecule has 1 atom stereocenters. The summed E-state index contributed by atoms with van der Waals surface area (Å²) >= 11 is 6.00. The van der Waals surface area contributed by atoms with Gasteiger partial charge in [0.15, 0.2) is 0 Å². The number of nitro benzene ring substituents is 1. The minimum absolute atomic E-state index is 0.0771. The number of rotatable bonds is 8. The molecule has 1 unspecified atom stereocenters. The highest BCUT2D eigenvalue weighted by atomic mass is 35.5. The van der Waals surface area contributed by atoms with Crippen LogP contribution in [-0.4, -0.2) is 28.5 Å². The van der Waals surface area contributed by atoms with Crippen molar-refractivity contribution in [3.05, 3.63) is 74.8 Å². The lowest BCUT2D eigenvalue weighted by molar-refractivity contribution is -0.384. The van der Waals surface area contributed by atoms with Crippen LogP contribution in [-0.2, 0) is 21.4 Å². The van der Waals surface area contributed by atoms with Crippen molar-refractivity contribution in [1.29, 1.82) is 0 Å². The van der Waals surface area contributed by atoms with Gasteiger partial charge in [0, 0.05) is 18.7 Å². The summed E-state index contributed by atoms with van der Waals surface area (Å²) in [6.45, 7) is 1.67. The van der Waals surface area contributed by atoms with E-state index in [0.29, 0.717) is 17.5 Å². The van der Waals surface area contributed by atoms with E-state index in [1.54, 1.807) is 37.3 Å². The first kappa shape index (κ1) is 20.4. The van der Waals surface area contributed by atoms with Crippen molar-refractivity contribution in [2.45, 2.75) is 25.2 Å². The van der Waals surface area contributed by atoms with E-state index in [1.807, 2.05) is 0 Å². The Bertz CT molecular complexity index is 856. The number of non-ortho nitro benzene ring substituents is 1. The predicted molar refractivity (Wildman–Crippen MR) is 101 cm³/mol. The van der Waals surface area contributed by atoms with Crippen LogP contribution in [0.5, 0.6) is 0 Å². The molecule has 27 heavy (non-hydrogen) atoms. The number of amides is 1. The molecule has 0 aliphatic heterocycles. The summed E-state index contributed by atoms with van der Waals surface area (Å²) in [6.07, 6.45) is 0.190. The summed E-state index contributed by atoms with van der Waals surface area (Å²) < 4.78 is 0. The number of aliphatic carboxylic acids is 1. The van der Waals surface area contributed by atoms with E-state index in [0.717, 1.165) is 0 Å². The summed E-state index contributed by atoms with van der Waals surface area (Å²) in [5, 5.41) is 23.3. The second-order valence-electron chi connectivity index (χ2n) is 6.09. The first-order chi connectivity index (χ1) is 12.8. The largest absolute Gasteiger partial charge is 0.481 e. The minimum Gasteiger partial charge on any atom is -0.481 e. The van der Waals surface area contributed by atoms with E-state index in [1.165, 1.54) is 18.2 Å². The van der Waals surface area contributed by atoms with Crippen LogP contribution in [0.3, 0.4) is 0 Å². The first-order valence-corrected chi connectivity index (χ1v) is 8.66. The lowest BCUT2D eigenvalue weighted by Crippen LogP contribution is -2.46. The molecule has 142 valence electrons. The third-order valence-electron chi connectivity index (χ3n) is 4.53. The molecule has 0 aliphatic rings. The number of benzene rings is 2. The van der Waals surface area contributed by atoms with Crippen molar-refractivity contribution >= 4 is 29.2 Å². The van der Waals surface area contributed by atoms with Crippen molar-refractivity contribution in [3.63, 3.8) is 0 Å². The average molecular weight is 391 g/mol. The average Bonchev–Trinajstić information content (AvgIpc) is 2.64. The van der Waals surface area contributed by atoms with E-state index in [2.05, 4.69) is 5.32 Å². The Morgan fingerprint density at radius 2 is 1.89 bits per heavy atom. The molecule has 0 bridgehead atoms. The molecule has 0 aromatic heterocycles. The number of hydrogen-bond acceptors (Lipinski definition) is 4. The normalized spacial score (nSPS) is 12.8. The summed E-state index contributed by atoms with van der Waals surface area (Å²) in [5.74, 6) is -1.44. The van der Waals surface area contributed by atoms with Crippen LogP contribution in [0.2, 0.25) is 5.02 Å². The van der Waals surface area contributed by atoms with Gasteiger partial charge in [-0.1, -0.05) is 54.9 Å². The maximum Gasteiger partial charge on any atom is 0.315 e. The molecule has 1 amide bonds. The van der Waals surface area contributed by atoms with Gasteiger partial charge >= 0.3 is 5.97 Å². The van der Waals surface area contributed by atoms with Gasteiger partial charge in [-0.15, -0.1) is 0 Å². The monoisotopic (exact) mass is 390 g/mol. The first-order valence-electron chi connectivity index (χ1n) is 8.28. The van der Waals surface area contributed by atoms with Gasteiger partial charge in [0.1, 0.15) is 5.41 Å². The number of carboxylic acids is 1. The van der Waals surface area contributed by atoms with E-state index >= 15 is 0 Å². The number of carbonyl (C=O) groups excluding carboxylic acids is 1. The van der Waals surface area contributed by atoms with Gasteiger partial charge < -0.3 is 10.4 Å². The van der Waals surface area contributed by atoms with Crippen molar-refractivity contribution < 1.29 is 19.6 Å². The fraction of sp³-hybridized carbons (Fsp3) is 0.263. The van der Waals surface area contributed by atoms with Gasteiger partial charge in [0.25, 0.3) is 5.69 Å².